The summed E-state index contributed by atoms with van der Waals surface area (Å²) in [7, 11) is 0. The number of carbonyl (C=O) groups excluding carboxylic acids is 1. The van der Waals surface area contributed by atoms with Crippen LogP contribution in [0.15, 0.2) is 27.1 Å². The normalized spacial score (nSPS) is 12.2. The third-order valence-electron chi connectivity index (χ3n) is 2.45. The van der Waals surface area contributed by atoms with Gasteiger partial charge in [0.05, 0.1) is 5.56 Å². The van der Waals surface area contributed by atoms with Crippen molar-refractivity contribution in [3.63, 3.8) is 0 Å². The van der Waals surface area contributed by atoms with Crippen LogP contribution in [-0.4, -0.2) is 23.5 Å². The molecule has 18 heavy (non-hydrogen) atoms. The topological polar surface area (TPSA) is 29.1 Å². The van der Waals surface area contributed by atoms with E-state index in [1.807, 2.05) is 36.9 Å². The van der Waals surface area contributed by atoms with Crippen LogP contribution < -0.4 is 5.32 Å². The van der Waals surface area contributed by atoms with Gasteiger partial charge in [-0.25, -0.2) is 0 Å². The molecule has 0 aliphatic heterocycles. The SMILES string of the molecule is CCSCCC(C)NC(=O)c1cc(Br)ccc1Br. The largest absolute Gasteiger partial charge is 0.350 e. The van der Waals surface area contributed by atoms with Gasteiger partial charge in [0.15, 0.2) is 0 Å². The lowest BCUT2D eigenvalue weighted by atomic mass is 10.2. The Morgan fingerprint density at radius 2 is 2.17 bits per heavy atom. The lowest BCUT2D eigenvalue weighted by Crippen LogP contribution is -2.33. The Bertz CT molecular complexity index is 412. The summed E-state index contributed by atoms with van der Waals surface area (Å²) in [6.45, 7) is 4.19. The molecule has 1 N–H and O–H groups in total. The average molecular weight is 395 g/mol. The maximum atomic E-state index is 12.1. The predicted octanol–water partition coefficient (Wildman–Crippen LogP) is 4.47. The molecule has 1 unspecified atom stereocenters. The summed E-state index contributed by atoms with van der Waals surface area (Å²) in [5.41, 5.74) is 0.666. The molecule has 2 nitrogen and oxygen atoms in total. The van der Waals surface area contributed by atoms with Gasteiger partial charge in [-0.1, -0.05) is 22.9 Å². The van der Waals surface area contributed by atoms with Crippen molar-refractivity contribution >= 4 is 49.5 Å². The van der Waals surface area contributed by atoms with Crippen LogP contribution in [0.5, 0.6) is 0 Å². The maximum absolute atomic E-state index is 12.1. The molecule has 0 spiro atoms. The first-order valence-electron chi connectivity index (χ1n) is 5.88. The number of thioether (sulfide) groups is 1. The highest BCUT2D eigenvalue weighted by molar-refractivity contribution is 9.11. The molecule has 100 valence electrons. The molecule has 0 fully saturated rings. The maximum Gasteiger partial charge on any atom is 0.252 e. The highest BCUT2D eigenvalue weighted by atomic mass is 79.9. The summed E-state index contributed by atoms with van der Waals surface area (Å²) in [5.74, 6) is 2.17. The Morgan fingerprint density at radius 3 is 2.83 bits per heavy atom. The van der Waals surface area contributed by atoms with Crippen LogP contribution in [0.3, 0.4) is 0 Å². The van der Waals surface area contributed by atoms with Crippen molar-refractivity contribution in [2.24, 2.45) is 0 Å². The molecule has 0 aromatic heterocycles. The molecular formula is C13H17Br2NOS. The molecule has 5 heteroatoms. The van der Waals surface area contributed by atoms with Crippen molar-refractivity contribution in [2.45, 2.75) is 26.3 Å². The first-order valence-corrected chi connectivity index (χ1v) is 8.62. The van der Waals surface area contributed by atoms with Gasteiger partial charge in [-0.3, -0.25) is 4.79 Å². The fourth-order valence-electron chi connectivity index (χ4n) is 1.45. The third-order valence-corrected chi connectivity index (χ3v) is 4.57. The fourth-order valence-corrected chi connectivity index (χ4v) is 3.05. The minimum absolute atomic E-state index is 0.0304. The van der Waals surface area contributed by atoms with E-state index in [1.165, 1.54) is 0 Å². The summed E-state index contributed by atoms with van der Waals surface area (Å²) in [5, 5.41) is 3.02. The van der Waals surface area contributed by atoms with E-state index in [0.29, 0.717) is 5.56 Å². The van der Waals surface area contributed by atoms with Crippen LogP contribution in [0, 0.1) is 0 Å². The van der Waals surface area contributed by atoms with Gasteiger partial charge in [-0.05, 0) is 59.0 Å². The lowest BCUT2D eigenvalue weighted by molar-refractivity contribution is 0.0938. The van der Waals surface area contributed by atoms with Crippen molar-refractivity contribution in [2.75, 3.05) is 11.5 Å². The molecule has 0 saturated heterocycles. The Labute approximate surface area is 130 Å². The molecule has 1 amide bonds. The number of hydrogen-bond acceptors (Lipinski definition) is 2. The summed E-state index contributed by atoms with van der Waals surface area (Å²) in [4.78, 5) is 12.1. The van der Waals surface area contributed by atoms with Crippen molar-refractivity contribution in [1.82, 2.24) is 5.32 Å². The molecule has 0 heterocycles. The zero-order valence-corrected chi connectivity index (χ0v) is 14.5. The number of hydrogen-bond donors (Lipinski definition) is 1. The summed E-state index contributed by atoms with van der Waals surface area (Å²) >= 11 is 8.67. The second-order valence-electron chi connectivity index (χ2n) is 3.98. The summed E-state index contributed by atoms with van der Waals surface area (Å²) in [6.07, 6.45) is 0.996. The van der Waals surface area contributed by atoms with E-state index < -0.39 is 0 Å². The van der Waals surface area contributed by atoms with Gasteiger partial charge in [-0.15, -0.1) is 0 Å². The van der Waals surface area contributed by atoms with Crippen LogP contribution in [-0.2, 0) is 0 Å². The highest BCUT2D eigenvalue weighted by Gasteiger charge is 2.13. The van der Waals surface area contributed by atoms with Gasteiger partial charge < -0.3 is 5.32 Å². The fraction of sp³-hybridized carbons (Fsp3) is 0.462. The Balaban J connectivity index is 2.56. The van der Waals surface area contributed by atoms with Crippen molar-refractivity contribution in [1.29, 1.82) is 0 Å². The van der Waals surface area contributed by atoms with E-state index in [0.717, 1.165) is 26.9 Å². The number of amides is 1. The van der Waals surface area contributed by atoms with Crippen molar-refractivity contribution < 1.29 is 4.79 Å². The minimum atomic E-state index is -0.0304. The monoisotopic (exact) mass is 393 g/mol. The number of benzene rings is 1. The second kappa shape index (κ2) is 8.23. The highest BCUT2D eigenvalue weighted by Crippen LogP contribution is 2.21. The van der Waals surface area contributed by atoms with Crippen molar-refractivity contribution in [3.05, 3.63) is 32.7 Å². The van der Waals surface area contributed by atoms with Gasteiger partial charge in [0.25, 0.3) is 5.91 Å². The first kappa shape index (κ1) is 16.1. The molecule has 1 aromatic rings. The van der Waals surface area contributed by atoms with E-state index >= 15 is 0 Å². The van der Waals surface area contributed by atoms with Crippen LogP contribution in [0.1, 0.15) is 30.6 Å². The molecule has 0 aliphatic rings. The standard InChI is InChI=1S/C13H17Br2NOS/c1-3-18-7-6-9(2)16-13(17)11-8-10(14)4-5-12(11)15/h4-5,8-9H,3,6-7H2,1-2H3,(H,16,17). The zero-order chi connectivity index (χ0) is 13.5. The lowest BCUT2D eigenvalue weighted by Gasteiger charge is -2.14. The van der Waals surface area contributed by atoms with Gasteiger partial charge >= 0.3 is 0 Å². The number of rotatable bonds is 6. The molecule has 1 rings (SSSR count). The molecule has 1 aromatic carbocycles. The van der Waals surface area contributed by atoms with E-state index in [9.17, 15) is 4.79 Å². The first-order chi connectivity index (χ1) is 8.54. The van der Waals surface area contributed by atoms with E-state index in [-0.39, 0.29) is 11.9 Å². The number of halogens is 2. The average Bonchev–Trinajstić information content (AvgIpc) is 2.32. The Kier molecular flexibility index (Phi) is 7.34. The molecule has 0 saturated carbocycles. The second-order valence-corrected chi connectivity index (χ2v) is 7.15. The quantitative estimate of drug-likeness (QED) is 0.721. The van der Waals surface area contributed by atoms with Gasteiger partial charge in [0.1, 0.15) is 0 Å². The Hall–Kier alpha value is -0.000000000000000111. The third kappa shape index (κ3) is 5.33. The van der Waals surface area contributed by atoms with E-state index in [2.05, 4.69) is 44.1 Å². The molecular weight excluding hydrogens is 378 g/mol. The summed E-state index contributed by atoms with van der Waals surface area (Å²) < 4.78 is 1.73. The zero-order valence-electron chi connectivity index (χ0n) is 10.5. The Morgan fingerprint density at radius 1 is 1.44 bits per heavy atom. The van der Waals surface area contributed by atoms with Crippen molar-refractivity contribution in [3.8, 4) is 0 Å². The minimum Gasteiger partial charge on any atom is -0.350 e. The van der Waals surface area contributed by atoms with E-state index in [4.69, 9.17) is 0 Å². The van der Waals surface area contributed by atoms with Crippen LogP contribution in [0.2, 0.25) is 0 Å². The molecule has 0 bridgehead atoms. The van der Waals surface area contributed by atoms with E-state index in [1.54, 1.807) is 0 Å². The van der Waals surface area contributed by atoms with Crippen LogP contribution in [0.25, 0.3) is 0 Å². The number of nitrogens with one attached hydrogen (secondary N) is 1. The number of carbonyl (C=O) groups is 1. The summed E-state index contributed by atoms with van der Waals surface area (Å²) in [6, 6.07) is 5.80. The molecule has 1 atom stereocenters. The molecule has 0 radical (unpaired) electrons. The van der Waals surface area contributed by atoms with Gasteiger partial charge in [-0.2, -0.15) is 11.8 Å². The predicted molar refractivity (Wildman–Crippen MR) is 86.4 cm³/mol. The molecule has 0 aliphatic carbocycles. The van der Waals surface area contributed by atoms with Crippen LogP contribution in [0.4, 0.5) is 0 Å². The van der Waals surface area contributed by atoms with Crippen LogP contribution >= 0.6 is 43.6 Å². The van der Waals surface area contributed by atoms with Gasteiger partial charge in [0.2, 0.25) is 0 Å². The van der Waals surface area contributed by atoms with Gasteiger partial charge in [0, 0.05) is 15.0 Å². The smallest absolute Gasteiger partial charge is 0.252 e.